The number of phosphoric ester groups is 3. The van der Waals surface area contributed by atoms with Crippen molar-refractivity contribution in [1.82, 2.24) is 33.6 Å². The van der Waals surface area contributed by atoms with E-state index in [1.54, 1.807) is 84.3 Å². The fourth-order valence-corrected chi connectivity index (χ4v) is 24.7. The monoisotopic (exact) mass is 2170 g/mol. The molecule has 6 aliphatic heterocycles. The molecule has 6 aliphatic rings. The molecule has 138 heavy (non-hydrogen) atoms. The van der Waals surface area contributed by atoms with Crippen LogP contribution in [-0.2, 0) is 81.8 Å². The first-order chi connectivity index (χ1) is 63.8. The zero-order chi connectivity index (χ0) is 103. The SMILES string of the molecule is CC(C)(C)[Si](C)(C)O[C@H]1[C@H](O[Si](C)(C)C(C)(C)C)[C@@H](CO[P@]2(=O)OCC[C@H](c3cc(Cl)cc(Cl)c3)O2)O[C@H]1n1ccc(N)nc1=O.CN(C)C=Nc1ccn([C@@H]2O[C@H](CO)[C@@H](O[Si](C)(C)C(C)(C)C)[C@@H]2O[Si](C)(C)C(C)(C)C)c(=O)n1.Nc1ccn([C@@H]2O[C@H](CO[P@]3(=O)OCC[C@H](c4cc(Cl)cc(Cl)c4)O3)[C@@H](O)[C@@H]2O)c(=O)n1.O=[N+]([O-])c1ccc(O[P@@]2(=O)OCC[C@H](c3cc(Cl)cc(Cl)c3)O2)cc1. The third kappa shape index (κ3) is 29.6. The van der Waals surface area contributed by atoms with E-state index in [0.29, 0.717) is 71.9 Å². The zero-order valence-electron chi connectivity index (χ0n) is 81.0. The van der Waals surface area contributed by atoms with Crippen LogP contribution in [0.2, 0.25) is 103 Å². The van der Waals surface area contributed by atoms with Crippen LogP contribution >= 0.6 is 93.1 Å². The minimum atomic E-state index is -4.06. The molecule has 0 saturated carbocycles. The van der Waals surface area contributed by atoms with Gasteiger partial charge in [-0.2, -0.15) is 15.0 Å². The number of phosphoric acid groups is 3. The molecule has 0 unspecified atom stereocenters. The summed E-state index contributed by atoms with van der Waals surface area (Å²) in [6.45, 7) is 42.5. The second kappa shape index (κ2) is 46.0. The van der Waals surface area contributed by atoms with E-state index in [1.807, 2.05) is 14.1 Å². The minimum absolute atomic E-state index is 0.000550. The number of hydrogen-bond acceptors (Lipinski definition) is 33. The number of hydrogen-bond donors (Lipinski definition) is 5. The number of aromatic nitrogens is 6. The van der Waals surface area contributed by atoms with Crippen LogP contribution in [0, 0.1) is 10.1 Å². The Kier molecular flexibility index (Phi) is 38.1. The van der Waals surface area contributed by atoms with Crippen LogP contribution in [0.5, 0.6) is 5.75 Å². The van der Waals surface area contributed by atoms with E-state index < -0.39 is 177 Å². The Bertz CT molecular complexity index is 5720. The van der Waals surface area contributed by atoms with Gasteiger partial charge in [-0.3, -0.25) is 60.0 Å². The van der Waals surface area contributed by atoms with Crippen molar-refractivity contribution in [1.29, 1.82) is 0 Å². The molecule has 0 aliphatic carbocycles. The molecule has 9 heterocycles. The summed E-state index contributed by atoms with van der Waals surface area (Å²) < 4.78 is 139. The standard InChI is InChI=1S/C30H48Cl2N3O8PSi2.C24H46N4O5Si2.C18H20Cl2N3O8P.C15H12Cl2NO6P/c1-29(2,3)45(7,8)42-25-23(18-39-44(37)38-14-12-22(41-44)19-15-20(31)17-21(32)16-19)40-27(35-13-11-24(33)34-28(35)36)26(25)43-46(9,10)30(4,5)6;1-23(2,3)34(9,10)32-19-17(15-29)31-21(20(19)33-35(11,12)24(4,5)6)28-14-13-18(26-22(28)30)25-16-27(7)8;19-10-5-9(6-11(20)7-10)12-2-4-28-32(27,31-12)29-8-13-15(24)16(25)17(30-13)23-3-1-14(21)22-18(23)26;16-11-7-10(8-12(17)9-11)15-5-6-22-25(21,24-15)23-14-3-1-13(2-4-14)18(19)20/h11,13,15-17,22-23,25-27H,12,14,18H2,1-10H3,(H2,33,34,36);13-14,16-17,19-21,29H,15H2,1-12H3;1,3,5-7,12-13,15-17,24-25H,2,4,8H2,(H2,21,22,26);1-4,7-9,15H,5-6H2/t22-,23-,25-,26+,27-,44+;17-,19-,20+,21-;12-,13-,15-,16+,17-,32+;15-,25-/m1111/s1. The number of nitro benzene ring substituents is 1. The zero-order valence-corrected chi connectivity index (χ0v) is 92.2. The van der Waals surface area contributed by atoms with Gasteiger partial charge in [0.05, 0.1) is 69.2 Å². The lowest BCUT2D eigenvalue weighted by atomic mass is 10.1. The summed E-state index contributed by atoms with van der Waals surface area (Å²) in [6.07, 6.45) is -5.40. The highest BCUT2D eigenvalue weighted by molar-refractivity contribution is 7.49. The molecule has 51 heteroatoms. The number of non-ortho nitro benzene ring substituents is 1. The topological polar surface area (TPSA) is 475 Å². The largest absolute Gasteiger partial charge is 0.530 e. The first-order valence-corrected chi connectivity index (χ1v) is 62.6. The average Bonchev–Trinajstić information content (AvgIpc) is 1.60. The maximum Gasteiger partial charge on any atom is 0.530 e. The smallest absolute Gasteiger partial charge is 0.408 e. The number of aliphatic hydroxyl groups is 3. The molecule has 6 fully saturated rings. The summed E-state index contributed by atoms with van der Waals surface area (Å²) in [4.78, 5) is 66.0. The summed E-state index contributed by atoms with van der Waals surface area (Å²) in [6, 6.07) is 24.5. The Balaban J connectivity index is 0.000000194. The summed E-state index contributed by atoms with van der Waals surface area (Å²) in [5, 5.41) is 43.6. The van der Waals surface area contributed by atoms with Gasteiger partial charge < -0.3 is 68.1 Å². The first-order valence-electron chi connectivity index (χ1n) is 44.4. The molecule has 7 N–H and O–H groups in total. The van der Waals surface area contributed by atoms with Crippen LogP contribution in [-0.4, -0.2) is 202 Å². The number of aliphatic imine (C=N–C) groups is 1. The molecule has 6 saturated heterocycles. The van der Waals surface area contributed by atoms with Gasteiger partial charge in [-0.25, -0.2) is 33.1 Å². The maximum atomic E-state index is 13.9. The molecule has 0 amide bonds. The molecule has 4 aromatic carbocycles. The van der Waals surface area contributed by atoms with Gasteiger partial charge in [0.25, 0.3) is 5.69 Å². The van der Waals surface area contributed by atoms with Gasteiger partial charge >= 0.3 is 40.5 Å². The van der Waals surface area contributed by atoms with E-state index in [9.17, 15) is 53.5 Å². The Morgan fingerprint density at radius 1 is 0.486 bits per heavy atom. The van der Waals surface area contributed by atoms with Crippen LogP contribution in [0.3, 0.4) is 0 Å². The number of ether oxygens (including phenoxy) is 3. The molecule has 38 nitrogen and oxygen atoms in total. The molecule has 7 aromatic rings. The lowest BCUT2D eigenvalue weighted by Gasteiger charge is -2.44. The maximum absolute atomic E-state index is 13.9. The van der Waals surface area contributed by atoms with Gasteiger partial charge in [0.15, 0.2) is 57.8 Å². The number of nitrogens with two attached hydrogens (primary N) is 2. The lowest BCUT2D eigenvalue weighted by molar-refractivity contribution is -0.384. The second-order valence-corrected chi connectivity index (χ2v) is 66.5. The number of halogens is 6. The number of nitrogen functional groups attached to an aromatic ring is 2. The van der Waals surface area contributed by atoms with E-state index in [1.165, 1.54) is 51.7 Å². The number of aliphatic hydroxyl groups excluding tert-OH is 3. The molecular weight excluding hydrogens is 2050 g/mol. The van der Waals surface area contributed by atoms with Crippen LogP contribution in [0.1, 0.15) is 156 Å². The normalized spacial score (nSPS) is 27.3. The van der Waals surface area contributed by atoms with Crippen LogP contribution in [0.4, 0.5) is 23.1 Å². The van der Waals surface area contributed by atoms with Crippen molar-refractivity contribution in [2.75, 3.05) is 65.2 Å². The van der Waals surface area contributed by atoms with Crippen LogP contribution < -0.4 is 33.1 Å². The van der Waals surface area contributed by atoms with Gasteiger partial charge in [0, 0.05) is 94.2 Å². The van der Waals surface area contributed by atoms with Gasteiger partial charge in [-0.05, 0) is 174 Å². The van der Waals surface area contributed by atoms with Crippen LogP contribution in [0.25, 0.3) is 0 Å². The molecule has 3 aromatic heterocycles. The highest BCUT2D eigenvalue weighted by Crippen LogP contribution is 2.61. The second-order valence-electron chi connectivity index (χ2n) is 40.0. The predicted molar refractivity (Wildman–Crippen MR) is 536 cm³/mol. The Hall–Kier alpha value is -5.63. The number of nitrogens with zero attached hydrogens (tertiary/aromatic N) is 9. The molecule has 13 rings (SSSR count). The first kappa shape index (κ1) is 114. The number of rotatable bonds is 26. The molecule has 0 spiro atoms. The molecule has 764 valence electrons. The van der Waals surface area contributed by atoms with E-state index in [0.717, 1.165) is 4.57 Å². The average molecular weight is 2180 g/mol. The van der Waals surface area contributed by atoms with Gasteiger partial charge in [0.2, 0.25) is 0 Å². The minimum Gasteiger partial charge on any atom is -0.408 e. The van der Waals surface area contributed by atoms with Crippen molar-refractivity contribution in [3.05, 3.63) is 204 Å². The Labute approximate surface area is 836 Å². The van der Waals surface area contributed by atoms with Crippen molar-refractivity contribution in [2.24, 2.45) is 4.99 Å². The summed E-state index contributed by atoms with van der Waals surface area (Å²) in [5.74, 6) is 0.543. The highest BCUT2D eigenvalue weighted by atomic mass is 35.5. The van der Waals surface area contributed by atoms with E-state index >= 15 is 0 Å². The van der Waals surface area contributed by atoms with Crippen molar-refractivity contribution in [2.45, 2.75) is 267 Å². The highest BCUT2D eigenvalue weighted by Gasteiger charge is 2.58. The third-order valence-electron chi connectivity index (χ3n) is 25.3. The Morgan fingerprint density at radius 3 is 1.17 bits per heavy atom. The summed E-state index contributed by atoms with van der Waals surface area (Å²) >= 11 is 36.5. The molecule has 0 radical (unpaired) electrons. The molecule has 18 atom stereocenters. The Morgan fingerprint density at radius 2 is 0.812 bits per heavy atom. The quantitative estimate of drug-likeness (QED) is 0.00839. The number of anilines is 2. The number of benzene rings is 4. The van der Waals surface area contributed by atoms with Crippen molar-refractivity contribution < 1.29 is 107 Å². The third-order valence-corrected chi connectivity index (χ3v) is 48.9. The fourth-order valence-electron chi connectivity index (χ4n) is 13.7. The molecule has 0 bridgehead atoms. The summed E-state index contributed by atoms with van der Waals surface area (Å²) in [5.41, 5.74) is 11.3. The number of nitro groups is 1. The van der Waals surface area contributed by atoms with Crippen molar-refractivity contribution in [3.63, 3.8) is 0 Å². The van der Waals surface area contributed by atoms with Crippen molar-refractivity contribution in [3.8, 4) is 5.75 Å². The van der Waals surface area contributed by atoms with Gasteiger partial charge in [-0.15, -0.1) is 0 Å². The molecular formula is C87H126Cl6N11O27P3Si4. The van der Waals surface area contributed by atoms with E-state index in [-0.39, 0.29) is 76.3 Å². The van der Waals surface area contributed by atoms with E-state index in [2.05, 4.69) is 155 Å². The van der Waals surface area contributed by atoms with Gasteiger partial charge in [0.1, 0.15) is 72.3 Å². The van der Waals surface area contributed by atoms with Crippen molar-refractivity contribution >= 4 is 156 Å². The lowest BCUT2D eigenvalue weighted by Crippen LogP contribution is -2.54. The van der Waals surface area contributed by atoms with E-state index in [4.69, 9.17) is 154 Å². The van der Waals surface area contributed by atoms with Crippen LogP contribution in [0.15, 0.2) is 135 Å². The predicted octanol–water partition coefficient (Wildman–Crippen LogP) is 19.9. The summed E-state index contributed by atoms with van der Waals surface area (Å²) in [7, 11) is -17.8. The fraction of sp³-hybridized carbons (Fsp3) is 0.575. The van der Waals surface area contributed by atoms with Gasteiger partial charge in [-0.1, -0.05) is 153 Å².